The first-order valence-corrected chi connectivity index (χ1v) is 5.60. The van der Waals surface area contributed by atoms with E-state index in [-0.39, 0.29) is 16.3 Å². The summed E-state index contributed by atoms with van der Waals surface area (Å²) < 4.78 is 26.2. The van der Waals surface area contributed by atoms with Crippen LogP contribution in [-0.2, 0) is 0 Å². The zero-order chi connectivity index (χ0) is 14.0. The fourth-order valence-corrected chi connectivity index (χ4v) is 1.59. The van der Waals surface area contributed by atoms with Crippen molar-refractivity contribution >= 4 is 23.2 Å². The Hall–Kier alpha value is -2.14. The fourth-order valence-electron chi connectivity index (χ4n) is 1.43. The van der Waals surface area contributed by atoms with Gasteiger partial charge in [0.25, 0.3) is 5.91 Å². The highest BCUT2D eigenvalue weighted by molar-refractivity contribution is 6.32. The van der Waals surface area contributed by atoms with Crippen LogP contribution in [0, 0.1) is 11.6 Å². The van der Waals surface area contributed by atoms with Gasteiger partial charge in [0.2, 0.25) is 0 Å². The number of rotatable bonds is 2. The summed E-state index contributed by atoms with van der Waals surface area (Å²) in [6.45, 7) is 0. The van der Waals surface area contributed by atoms with E-state index in [0.717, 1.165) is 24.3 Å². The molecule has 0 unspecified atom stereocenters. The lowest BCUT2D eigenvalue weighted by molar-refractivity contribution is 0.102. The number of hydrogen-bond donors (Lipinski definition) is 2. The Kier molecular flexibility index (Phi) is 3.66. The van der Waals surface area contributed by atoms with Crippen LogP contribution in [0.4, 0.5) is 14.5 Å². The Morgan fingerprint density at radius 2 is 1.79 bits per heavy atom. The Labute approximate surface area is 112 Å². The van der Waals surface area contributed by atoms with E-state index >= 15 is 0 Å². The lowest BCUT2D eigenvalue weighted by Gasteiger charge is -2.08. The summed E-state index contributed by atoms with van der Waals surface area (Å²) in [5.41, 5.74) is 0.00197. The summed E-state index contributed by atoms with van der Waals surface area (Å²) in [6, 6.07) is 6.66. The van der Waals surface area contributed by atoms with Gasteiger partial charge in [-0.25, -0.2) is 8.78 Å². The van der Waals surface area contributed by atoms with Gasteiger partial charge in [-0.1, -0.05) is 11.6 Å². The first kappa shape index (κ1) is 13.3. The number of benzene rings is 2. The quantitative estimate of drug-likeness (QED) is 0.828. The van der Waals surface area contributed by atoms with E-state index in [0.29, 0.717) is 0 Å². The molecule has 19 heavy (non-hydrogen) atoms. The second kappa shape index (κ2) is 5.24. The van der Waals surface area contributed by atoms with Crippen molar-refractivity contribution in [2.75, 3.05) is 5.32 Å². The monoisotopic (exact) mass is 283 g/mol. The molecule has 0 spiro atoms. The first-order valence-electron chi connectivity index (χ1n) is 5.22. The summed E-state index contributed by atoms with van der Waals surface area (Å²) in [4.78, 5) is 11.8. The molecule has 0 heterocycles. The van der Waals surface area contributed by atoms with Gasteiger partial charge >= 0.3 is 0 Å². The topological polar surface area (TPSA) is 49.3 Å². The summed E-state index contributed by atoms with van der Waals surface area (Å²) in [7, 11) is 0. The number of nitrogens with one attached hydrogen (secondary N) is 1. The van der Waals surface area contributed by atoms with Crippen molar-refractivity contribution in [3.63, 3.8) is 0 Å². The molecule has 0 aliphatic rings. The number of halogens is 3. The number of phenols is 1. The number of carbonyl (C=O) groups is 1. The predicted octanol–water partition coefficient (Wildman–Crippen LogP) is 3.58. The highest BCUT2D eigenvalue weighted by Gasteiger charge is 2.12. The zero-order valence-electron chi connectivity index (χ0n) is 9.45. The molecule has 6 heteroatoms. The Morgan fingerprint density at radius 3 is 2.42 bits per heavy atom. The molecule has 3 nitrogen and oxygen atoms in total. The van der Waals surface area contributed by atoms with Gasteiger partial charge in [-0.2, -0.15) is 0 Å². The van der Waals surface area contributed by atoms with E-state index in [4.69, 9.17) is 11.6 Å². The van der Waals surface area contributed by atoms with Crippen LogP contribution >= 0.6 is 11.6 Å². The Morgan fingerprint density at radius 1 is 1.16 bits per heavy atom. The maximum Gasteiger partial charge on any atom is 0.255 e. The van der Waals surface area contributed by atoms with Crippen LogP contribution in [0.15, 0.2) is 36.4 Å². The van der Waals surface area contributed by atoms with Crippen LogP contribution in [0.5, 0.6) is 5.75 Å². The maximum atomic E-state index is 13.5. The van der Waals surface area contributed by atoms with Gasteiger partial charge in [0, 0.05) is 11.6 Å². The van der Waals surface area contributed by atoms with Crippen LogP contribution in [0.2, 0.25) is 5.02 Å². The Balaban J connectivity index is 2.24. The molecule has 2 aromatic carbocycles. The number of amides is 1. The molecular weight excluding hydrogens is 276 g/mol. The maximum absolute atomic E-state index is 13.5. The lowest BCUT2D eigenvalue weighted by atomic mass is 10.2. The van der Waals surface area contributed by atoms with Crippen molar-refractivity contribution in [1.82, 2.24) is 0 Å². The third kappa shape index (κ3) is 3.00. The molecular formula is C13H8ClF2NO2. The molecule has 0 aliphatic heterocycles. The fraction of sp³-hybridized carbons (Fsp3) is 0. The molecule has 0 saturated carbocycles. The van der Waals surface area contributed by atoms with Crippen LogP contribution < -0.4 is 5.32 Å². The van der Waals surface area contributed by atoms with Gasteiger partial charge in [-0.05, 0) is 30.3 Å². The van der Waals surface area contributed by atoms with Crippen molar-refractivity contribution in [2.24, 2.45) is 0 Å². The van der Waals surface area contributed by atoms with Gasteiger partial charge < -0.3 is 10.4 Å². The smallest absolute Gasteiger partial charge is 0.255 e. The zero-order valence-corrected chi connectivity index (χ0v) is 10.2. The number of hydrogen-bond acceptors (Lipinski definition) is 2. The van der Waals surface area contributed by atoms with Crippen LogP contribution in [-0.4, -0.2) is 11.0 Å². The first-order chi connectivity index (χ1) is 8.97. The SMILES string of the molecule is O=C(Nc1cc(Cl)c(O)cc1F)c1ccc(F)cc1. The normalized spacial score (nSPS) is 10.3. The molecule has 0 aliphatic carbocycles. The molecule has 0 aromatic heterocycles. The third-order valence-corrected chi connectivity index (χ3v) is 2.69. The minimum Gasteiger partial charge on any atom is -0.506 e. The molecule has 2 rings (SSSR count). The van der Waals surface area contributed by atoms with Crippen LogP contribution in [0.3, 0.4) is 0 Å². The predicted molar refractivity (Wildman–Crippen MR) is 67.4 cm³/mol. The second-order valence-electron chi connectivity index (χ2n) is 3.74. The number of anilines is 1. The average Bonchev–Trinajstić information content (AvgIpc) is 2.36. The van der Waals surface area contributed by atoms with Gasteiger partial charge in [-0.15, -0.1) is 0 Å². The number of aromatic hydroxyl groups is 1. The molecule has 0 atom stereocenters. The van der Waals surface area contributed by atoms with E-state index < -0.39 is 23.3 Å². The summed E-state index contributed by atoms with van der Waals surface area (Å²) in [5.74, 6) is -2.33. The minimum atomic E-state index is -0.822. The standard InChI is InChI=1S/C13H8ClF2NO2/c14-9-5-11(10(16)6-12(9)18)17-13(19)7-1-3-8(15)4-2-7/h1-6,18H,(H,17,19). The lowest BCUT2D eigenvalue weighted by Crippen LogP contribution is -2.13. The van der Waals surface area contributed by atoms with Crippen LogP contribution in [0.25, 0.3) is 0 Å². The van der Waals surface area contributed by atoms with Crippen molar-refractivity contribution in [3.8, 4) is 5.75 Å². The van der Waals surface area contributed by atoms with E-state index in [9.17, 15) is 18.7 Å². The largest absolute Gasteiger partial charge is 0.506 e. The van der Waals surface area contributed by atoms with Gasteiger partial charge in [0.05, 0.1) is 10.7 Å². The summed E-state index contributed by atoms with van der Waals surface area (Å²) in [6.07, 6.45) is 0. The molecule has 0 saturated heterocycles. The molecule has 98 valence electrons. The molecule has 2 N–H and O–H groups in total. The van der Waals surface area contributed by atoms with Crippen molar-refractivity contribution in [1.29, 1.82) is 0 Å². The molecule has 0 fully saturated rings. The van der Waals surface area contributed by atoms with E-state index in [1.807, 2.05) is 0 Å². The van der Waals surface area contributed by atoms with E-state index in [1.165, 1.54) is 12.1 Å². The molecule has 0 radical (unpaired) electrons. The number of phenolic OH excluding ortho intramolecular Hbond substituents is 1. The van der Waals surface area contributed by atoms with E-state index in [1.54, 1.807) is 0 Å². The van der Waals surface area contributed by atoms with Gasteiger partial charge in [-0.3, -0.25) is 4.79 Å². The number of carbonyl (C=O) groups excluding carboxylic acids is 1. The van der Waals surface area contributed by atoms with Crippen LogP contribution in [0.1, 0.15) is 10.4 Å². The summed E-state index contributed by atoms with van der Waals surface area (Å²) >= 11 is 5.62. The molecule has 1 amide bonds. The minimum absolute atomic E-state index is 0.0872. The van der Waals surface area contributed by atoms with Crippen molar-refractivity contribution in [2.45, 2.75) is 0 Å². The molecule has 2 aromatic rings. The highest BCUT2D eigenvalue weighted by Crippen LogP contribution is 2.29. The van der Waals surface area contributed by atoms with Crippen molar-refractivity contribution < 1.29 is 18.7 Å². The van der Waals surface area contributed by atoms with Gasteiger partial charge in [0.1, 0.15) is 11.6 Å². The Bertz CT molecular complexity index is 629. The molecule has 0 bridgehead atoms. The van der Waals surface area contributed by atoms with E-state index in [2.05, 4.69) is 5.32 Å². The third-order valence-electron chi connectivity index (χ3n) is 2.39. The van der Waals surface area contributed by atoms with Crippen molar-refractivity contribution in [3.05, 3.63) is 58.6 Å². The average molecular weight is 284 g/mol. The highest BCUT2D eigenvalue weighted by atomic mass is 35.5. The van der Waals surface area contributed by atoms with Gasteiger partial charge in [0.15, 0.2) is 5.82 Å². The summed E-state index contributed by atoms with van der Waals surface area (Å²) in [5, 5.41) is 11.4. The second-order valence-corrected chi connectivity index (χ2v) is 4.15.